The van der Waals surface area contributed by atoms with Crippen molar-refractivity contribution < 1.29 is 8.42 Å². The zero-order valence-electron chi connectivity index (χ0n) is 11.8. The molecule has 1 fully saturated rings. The molecule has 1 aliphatic rings. The van der Waals surface area contributed by atoms with E-state index in [0.717, 1.165) is 15.2 Å². The Labute approximate surface area is 140 Å². The molecule has 0 bridgehead atoms. The third-order valence-electron chi connectivity index (χ3n) is 3.99. The van der Waals surface area contributed by atoms with Gasteiger partial charge in [-0.05, 0) is 34.1 Å². The van der Waals surface area contributed by atoms with Crippen molar-refractivity contribution in [3.05, 3.63) is 46.4 Å². The molecule has 1 saturated carbocycles. The van der Waals surface area contributed by atoms with Gasteiger partial charge in [0.05, 0.1) is 17.7 Å². The van der Waals surface area contributed by atoms with Gasteiger partial charge in [-0.25, -0.2) is 20.0 Å². The number of fused-ring (bicyclic) bond motifs is 3. The monoisotopic (exact) mass is 390 g/mol. The van der Waals surface area contributed by atoms with Crippen LogP contribution in [0.3, 0.4) is 0 Å². The summed E-state index contributed by atoms with van der Waals surface area (Å²) in [6.45, 7) is 7.12. The van der Waals surface area contributed by atoms with Crippen molar-refractivity contribution in [3.63, 3.8) is 0 Å². The van der Waals surface area contributed by atoms with E-state index in [1.54, 1.807) is 24.4 Å². The number of sulfonamides is 1. The topological polar surface area (TPSA) is 79.2 Å². The van der Waals surface area contributed by atoms with Crippen LogP contribution in [-0.4, -0.2) is 24.0 Å². The minimum absolute atomic E-state index is 0.141. The summed E-state index contributed by atoms with van der Waals surface area (Å²) in [7, 11) is -3.72. The smallest absolute Gasteiger partial charge is 0.299 e. The summed E-state index contributed by atoms with van der Waals surface area (Å²) in [6.07, 6.45) is 2.79. The lowest BCUT2D eigenvalue weighted by Gasteiger charge is -2.07. The van der Waals surface area contributed by atoms with E-state index >= 15 is 0 Å². The summed E-state index contributed by atoms with van der Waals surface area (Å²) >= 11 is 3.49. The first-order valence-electron chi connectivity index (χ1n) is 6.93. The summed E-state index contributed by atoms with van der Waals surface area (Å²) < 4.78 is 28.4. The lowest BCUT2D eigenvalue weighted by Crippen LogP contribution is -2.34. The van der Waals surface area contributed by atoms with Gasteiger partial charge in [-0.2, -0.15) is 0 Å². The molecular weight excluding hydrogens is 380 g/mol. The molecule has 116 valence electrons. The predicted octanol–water partition coefficient (Wildman–Crippen LogP) is 3.17. The fraction of sp³-hybridized carbons (Fsp3) is 0.200. The van der Waals surface area contributed by atoms with Crippen LogP contribution in [-0.2, 0) is 10.0 Å². The van der Waals surface area contributed by atoms with Crippen molar-refractivity contribution in [2.24, 2.45) is 0 Å². The molecule has 2 aromatic heterocycles. The molecule has 0 aliphatic heterocycles. The van der Waals surface area contributed by atoms with E-state index in [4.69, 9.17) is 6.57 Å². The van der Waals surface area contributed by atoms with Gasteiger partial charge < -0.3 is 4.98 Å². The zero-order chi connectivity index (χ0) is 16.2. The molecule has 0 radical (unpaired) electrons. The third kappa shape index (κ3) is 2.32. The number of hydrogen-bond acceptors (Lipinski definition) is 3. The predicted molar refractivity (Wildman–Crippen MR) is 90.2 cm³/mol. The second kappa shape index (κ2) is 4.77. The second-order valence-corrected chi connectivity index (χ2v) is 8.13. The molecular formula is C15H11BrN4O2S. The minimum Gasteiger partial charge on any atom is -0.339 e. The number of hydrogen-bond donors (Lipinski definition) is 2. The van der Waals surface area contributed by atoms with Gasteiger partial charge in [0.2, 0.25) is 10.0 Å². The molecule has 1 aliphatic carbocycles. The summed E-state index contributed by atoms with van der Waals surface area (Å²) in [4.78, 5) is 10.9. The van der Waals surface area contributed by atoms with E-state index in [1.165, 1.54) is 0 Å². The first kappa shape index (κ1) is 14.6. The normalized spacial score (nSPS) is 16.5. The highest BCUT2D eigenvalue weighted by Gasteiger charge is 2.54. The Morgan fingerprint density at radius 2 is 2.13 bits per heavy atom. The Kier molecular flexibility index (Phi) is 3.04. The van der Waals surface area contributed by atoms with Gasteiger partial charge in [-0.15, -0.1) is 4.72 Å². The number of nitrogens with one attached hydrogen (secondary N) is 2. The van der Waals surface area contributed by atoms with Crippen molar-refractivity contribution in [2.45, 2.75) is 23.4 Å². The number of H-pyrrole nitrogens is 1. The standard InChI is InChI=1S/C15H11BrN4O2S/c1-17-15(5-6-15)20-23(21,22)9-2-3-10-12(8-9)19-14-13(10)11(16)4-7-18-14/h2-4,7-8,20H,5-6H2,(H,18,19). The number of aromatic nitrogens is 2. The maximum atomic E-state index is 12.5. The summed E-state index contributed by atoms with van der Waals surface area (Å²) in [5.41, 5.74) is 0.436. The van der Waals surface area contributed by atoms with Crippen LogP contribution in [0.5, 0.6) is 0 Å². The summed E-state index contributed by atoms with van der Waals surface area (Å²) in [6, 6.07) is 6.73. The average molecular weight is 391 g/mol. The number of halogens is 1. The Balaban J connectivity index is 1.85. The third-order valence-corrected chi connectivity index (χ3v) is 6.17. The minimum atomic E-state index is -3.72. The highest BCUT2D eigenvalue weighted by Crippen LogP contribution is 2.38. The average Bonchev–Trinajstić information content (AvgIpc) is 3.17. The molecule has 2 N–H and O–H groups in total. The Morgan fingerprint density at radius 3 is 2.83 bits per heavy atom. The molecule has 0 saturated heterocycles. The summed E-state index contributed by atoms with van der Waals surface area (Å²) in [5, 5.41) is 1.81. The van der Waals surface area contributed by atoms with E-state index in [1.807, 2.05) is 6.07 Å². The fourth-order valence-electron chi connectivity index (χ4n) is 2.59. The van der Waals surface area contributed by atoms with Gasteiger partial charge in [0.1, 0.15) is 5.65 Å². The van der Waals surface area contributed by atoms with Crippen LogP contribution in [0.15, 0.2) is 39.8 Å². The van der Waals surface area contributed by atoms with Crippen molar-refractivity contribution in [3.8, 4) is 0 Å². The van der Waals surface area contributed by atoms with Gasteiger partial charge in [-0.1, -0.05) is 6.07 Å². The molecule has 23 heavy (non-hydrogen) atoms. The largest absolute Gasteiger partial charge is 0.339 e. The van der Waals surface area contributed by atoms with Gasteiger partial charge in [0, 0.05) is 27.0 Å². The molecule has 0 unspecified atom stereocenters. The fourth-order valence-corrected chi connectivity index (χ4v) is 4.50. The first-order chi connectivity index (χ1) is 10.9. The highest BCUT2D eigenvalue weighted by atomic mass is 79.9. The van der Waals surface area contributed by atoms with Crippen LogP contribution in [0.1, 0.15) is 12.8 Å². The van der Waals surface area contributed by atoms with Crippen LogP contribution >= 0.6 is 15.9 Å². The van der Waals surface area contributed by atoms with Gasteiger partial charge >= 0.3 is 0 Å². The number of pyridine rings is 1. The van der Waals surface area contributed by atoms with Gasteiger partial charge in [-0.3, -0.25) is 4.85 Å². The van der Waals surface area contributed by atoms with Gasteiger partial charge in [0.25, 0.3) is 5.66 Å². The lowest BCUT2D eigenvalue weighted by atomic mass is 10.2. The zero-order valence-corrected chi connectivity index (χ0v) is 14.2. The van der Waals surface area contributed by atoms with E-state index in [9.17, 15) is 8.42 Å². The van der Waals surface area contributed by atoms with Crippen LogP contribution in [0.4, 0.5) is 0 Å². The maximum Gasteiger partial charge on any atom is 0.299 e. The summed E-state index contributed by atoms with van der Waals surface area (Å²) in [5.74, 6) is 0. The van der Waals surface area contributed by atoms with Crippen molar-refractivity contribution in [1.29, 1.82) is 0 Å². The van der Waals surface area contributed by atoms with Crippen LogP contribution in [0.25, 0.3) is 26.8 Å². The highest BCUT2D eigenvalue weighted by molar-refractivity contribution is 9.10. The molecule has 6 nitrogen and oxygen atoms in total. The van der Waals surface area contributed by atoms with E-state index in [2.05, 4.69) is 35.5 Å². The molecule has 0 spiro atoms. The van der Waals surface area contributed by atoms with Crippen molar-refractivity contribution >= 4 is 47.9 Å². The van der Waals surface area contributed by atoms with Crippen LogP contribution in [0, 0.1) is 6.57 Å². The van der Waals surface area contributed by atoms with Crippen molar-refractivity contribution in [2.75, 3.05) is 0 Å². The molecule has 3 aromatic rings. The number of nitrogens with zero attached hydrogens (tertiary/aromatic N) is 2. The number of rotatable bonds is 3. The molecule has 0 atom stereocenters. The molecule has 4 rings (SSSR count). The Morgan fingerprint density at radius 1 is 1.35 bits per heavy atom. The lowest BCUT2D eigenvalue weighted by molar-refractivity contribution is 0.568. The van der Waals surface area contributed by atoms with E-state index in [-0.39, 0.29) is 4.90 Å². The maximum absolute atomic E-state index is 12.5. The first-order valence-corrected chi connectivity index (χ1v) is 9.20. The SMILES string of the molecule is [C-]#[N+]C1(NS(=O)(=O)c2ccc3c(c2)[nH]c2nccc(Br)c23)CC1. The molecule has 2 heterocycles. The number of aromatic amines is 1. The molecule has 1 aromatic carbocycles. The van der Waals surface area contributed by atoms with Crippen LogP contribution < -0.4 is 4.72 Å². The van der Waals surface area contributed by atoms with Crippen LogP contribution in [0.2, 0.25) is 0 Å². The Bertz CT molecular complexity index is 1090. The molecule has 0 amide bonds. The molecule has 8 heteroatoms. The van der Waals surface area contributed by atoms with E-state index in [0.29, 0.717) is 24.0 Å². The Hall–Kier alpha value is -1.95. The number of benzene rings is 1. The van der Waals surface area contributed by atoms with Crippen molar-refractivity contribution in [1.82, 2.24) is 14.7 Å². The second-order valence-electron chi connectivity index (χ2n) is 5.60. The van der Waals surface area contributed by atoms with E-state index < -0.39 is 15.7 Å². The van der Waals surface area contributed by atoms with Gasteiger partial charge in [0.15, 0.2) is 0 Å². The quantitative estimate of drug-likeness (QED) is 0.674.